The van der Waals surface area contributed by atoms with Crippen molar-refractivity contribution in [2.45, 2.75) is 33.2 Å². The van der Waals surface area contributed by atoms with Crippen LogP contribution in [0, 0.1) is 5.92 Å². The number of alkyl halides is 2. The van der Waals surface area contributed by atoms with Crippen LogP contribution < -0.4 is 10.6 Å². The van der Waals surface area contributed by atoms with Crippen molar-refractivity contribution in [2.75, 3.05) is 6.54 Å². The predicted octanol–water partition coefficient (Wildman–Crippen LogP) is 0.528. The largest absolute Gasteiger partial charge is 0.354 e. The first-order valence-electron chi connectivity index (χ1n) is 4.70. The summed E-state index contributed by atoms with van der Waals surface area (Å²) in [5.74, 6) is -1.62. The Balaban J connectivity index is 3.94. The summed E-state index contributed by atoms with van der Waals surface area (Å²) in [5, 5.41) is 4.43. The molecule has 0 aliphatic heterocycles. The lowest BCUT2D eigenvalue weighted by atomic mass is 10.2. The van der Waals surface area contributed by atoms with Gasteiger partial charge in [-0.2, -0.15) is 8.78 Å². The maximum atomic E-state index is 11.8. The summed E-state index contributed by atoms with van der Waals surface area (Å²) < 4.78 is 23.6. The SMILES string of the molecule is CC(C)CNC(=O)C(C)NC(=O)C(F)F. The Morgan fingerprint density at radius 3 is 2.07 bits per heavy atom. The van der Waals surface area contributed by atoms with Crippen molar-refractivity contribution in [3.63, 3.8) is 0 Å². The van der Waals surface area contributed by atoms with E-state index in [4.69, 9.17) is 0 Å². The van der Waals surface area contributed by atoms with Crippen LogP contribution in [0.15, 0.2) is 0 Å². The highest BCUT2D eigenvalue weighted by Gasteiger charge is 2.21. The fourth-order valence-corrected chi connectivity index (χ4v) is 0.800. The van der Waals surface area contributed by atoms with Gasteiger partial charge in [-0.25, -0.2) is 0 Å². The van der Waals surface area contributed by atoms with Crippen molar-refractivity contribution in [3.8, 4) is 0 Å². The minimum absolute atomic E-state index is 0.270. The third-order valence-electron chi connectivity index (χ3n) is 1.63. The van der Waals surface area contributed by atoms with E-state index in [1.54, 1.807) is 0 Å². The van der Waals surface area contributed by atoms with E-state index in [0.29, 0.717) is 6.54 Å². The minimum atomic E-state index is -3.09. The molecule has 0 aromatic heterocycles. The van der Waals surface area contributed by atoms with Crippen molar-refractivity contribution in [1.82, 2.24) is 10.6 Å². The maximum absolute atomic E-state index is 11.8. The van der Waals surface area contributed by atoms with Gasteiger partial charge in [0.25, 0.3) is 5.91 Å². The molecular weight excluding hydrogens is 206 g/mol. The monoisotopic (exact) mass is 222 g/mol. The van der Waals surface area contributed by atoms with E-state index in [2.05, 4.69) is 5.32 Å². The summed E-state index contributed by atoms with van der Waals surface area (Å²) in [7, 11) is 0. The first-order chi connectivity index (χ1) is 6.84. The van der Waals surface area contributed by atoms with Gasteiger partial charge in [-0.05, 0) is 12.8 Å². The van der Waals surface area contributed by atoms with Gasteiger partial charge in [0.2, 0.25) is 5.91 Å². The van der Waals surface area contributed by atoms with E-state index in [9.17, 15) is 18.4 Å². The van der Waals surface area contributed by atoms with Gasteiger partial charge in [0.05, 0.1) is 0 Å². The van der Waals surface area contributed by atoms with Crippen molar-refractivity contribution < 1.29 is 18.4 Å². The average Bonchev–Trinajstić information content (AvgIpc) is 2.13. The van der Waals surface area contributed by atoms with Gasteiger partial charge in [-0.15, -0.1) is 0 Å². The zero-order valence-electron chi connectivity index (χ0n) is 9.01. The summed E-state index contributed by atoms with van der Waals surface area (Å²) >= 11 is 0. The van der Waals surface area contributed by atoms with Gasteiger partial charge in [0, 0.05) is 6.54 Å². The molecular formula is C9H16F2N2O2. The molecule has 6 heteroatoms. The Hall–Kier alpha value is -1.20. The second kappa shape index (κ2) is 6.31. The second-order valence-electron chi connectivity index (χ2n) is 3.67. The number of carbonyl (C=O) groups excluding carboxylic acids is 2. The lowest BCUT2D eigenvalue weighted by Crippen LogP contribution is -2.47. The molecule has 88 valence electrons. The lowest BCUT2D eigenvalue weighted by Gasteiger charge is -2.14. The van der Waals surface area contributed by atoms with Crippen LogP contribution in [0.2, 0.25) is 0 Å². The standard InChI is InChI=1S/C9H16F2N2O2/c1-5(2)4-12-8(14)6(3)13-9(15)7(10)11/h5-7H,4H2,1-3H3,(H,12,14)(H,13,15). The molecule has 0 rings (SSSR count). The van der Waals surface area contributed by atoms with Crippen molar-refractivity contribution >= 4 is 11.8 Å². The molecule has 0 bridgehead atoms. The molecule has 0 saturated heterocycles. The molecule has 0 saturated carbocycles. The molecule has 15 heavy (non-hydrogen) atoms. The number of amides is 2. The van der Waals surface area contributed by atoms with Gasteiger partial charge in [0.15, 0.2) is 0 Å². The van der Waals surface area contributed by atoms with Crippen LogP contribution >= 0.6 is 0 Å². The molecule has 0 fully saturated rings. The molecule has 0 aromatic rings. The molecule has 1 atom stereocenters. The van der Waals surface area contributed by atoms with Crippen LogP contribution in [0.5, 0.6) is 0 Å². The number of hydrogen-bond acceptors (Lipinski definition) is 2. The van der Waals surface area contributed by atoms with Crippen LogP contribution in [0.4, 0.5) is 8.78 Å². The van der Waals surface area contributed by atoms with Gasteiger partial charge in [0.1, 0.15) is 6.04 Å². The molecule has 0 spiro atoms. The summed E-state index contributed by atoms with van der Waals surface area (Å²) in [6, 6.07) is -0.940. The van der Waals surface area contributed by atoms with Crippen LogP contribution in [0.25, 0.3) is 0 Å². The predicted molar refractivity (Wildman–Crippen MR) is 51.5 cm³/mol. The molecule has 0 aromatic carbocycles. The van der Waals surface area contributed by atoms with Crippen molar-refractivity contribution in [2.24, 2.45) is 5.92 Å². The molecule has 4 nitrogen and oxygen atoms in total. The van der Waals surface area contributed by atoms with E-state index in [1.807, 2.05) is 19.2 Å². The number of nitrogens with one attached hydrogen (secondary N) is 2. The summed E-state index contributed by atoms with van der Waals surface area (Å²) in [5.41, 5.74) is 0. The maximum Gasteiger partial charge on any atom is 0.315 e. The summed E-state index contributed by atoms with van der Waals surface area (Å²) in [6.07, 6.45) is -3.09. The highest BCUT2D eigenvalue weighted by molar-refractivity contribution is 5.88. The fraction of sp³-hybridized carbons (Fsp3) is 0.778. The van der Waals surface area contributed by atoms with Gasteiger partial charge in [-0.3, -0.25) is 9.59 Å². The number of rotatable bonds is 5. The van der Waals surface area contributed by atoms with Gasteiger partial charge >= 0.3 is 6.43 Å². The Kier molecular flexibility index (Phi) is 5.81. The normalized spacial score (nSPS) is 12.7. The van der Waals surface area contributed by atoms with E-state index < -0.39 is 24.3 Å². The molecule has 0 aliphatic rings. The van der Waals surface area contributed by atoms with E-state index in [-0.39, 0.29) is 5.92 Å². The Morgan fingerprint density at radius 2 is 1.67 bits per heavy atom. The van der Waals surface area contributed by atoms with E-state index in [0.717, 1.165) is 0 Å². The first-order valence-corrected chi connectivity index (χ1v) is 4.70. The second-order valence-corrected chi connectivity index (χ2v) is 3.67. The van der Waals surface area contributed by atoms with Gasteiger partial charge in [-0.1, -0.05) is 13.8 Å². The van der Waals surface area contributed by atoms with Crippen LogP contribution in [-0.4, -0.2) is 30.8 Å². The van der Waals surface area contributed by atoms with Crippen LogP contribution in [0.1, 0.15) is 20.8 Å². The number of carbonyl (C=O) groups is 2. The first kappa shape index (κ1) is 13.8. The van der Waals surface area contributed by atoms with Crippen molar-refractivity contribution in [1.29, 1.82) is 0 Å². The van der Waals surface area contributed by atoms with E-state index in [1.165, 1.54) is 6.92 Å². The number of hydrogen-bond donors (Lipinski definition) is 2. The summed E-state index contributed by atoms with van der Waals surface area (Å²) in [6.45, 7) is 5.62. The third-order valence-corrected chi connectivity index (χ3v) is 1.63. The molecule has 0 radical (unpaired) electrons. The Morgan fingerprint density at radius 1 is 1.13 bits per heavy atom. The Bertz CT molecular complexity index is 232. The van der Waals surface area contributed by atoms with E-state index >= 15 is 0 Å². The number of halogens is 2. The lowest BCUT2D eigenvalue weighted by molar-refractivity contribution is -0.135. The molecule has 0 heterocycles. The van der Waals surface area contributed by atoms with Crippen LogP contribution in [0.3, 0.4) is 0 Å². The highest BCUT2D eigenvalue weighted by Crippen LogP contribution is 1.94. The molecule has 2 N–H and O–H groups in total. The highest BCUT2D eigenvalue weighted by atomic mass is 19.3. The fourth-order valence-electron chi connectivity index (χ4n) is 0.800. The topological polar surface area (TPSA) is 58.2 Å². The minimum Gasteiger partial charge on any atom is -0.354 e. The quantitative estimate of drug-likeness (QED) is 0.712. The smallest absolute Gasteiger partial charge is 0.315 e. The van der Waals surface area contributed by atoms with Gasteiger partial charge < -0.3 is 10.6 Å². The van der Waals surface area contributed by atoms with Crippen LogP contribution in [-0.2, 0) is 9.59 Å². The zero-order valence-corrected chi connectivity index (χ0v) is 9.01. The molecule has 2 amide bonds. The average molecular weight is 222 g/mol. The molecule has 1 unspecified atom stereocenters. The molecule has 0 aliphatic carbocycles. The zero-order chi connectivity index (χ0) is 12.0. The Labute approximate surface area is 87.4 Å². The van der Waals surface area contributed by atoms with Crippen molar-refractivity contribution in [3.05, 3.63) is 0 Å². The third kappa shape index (κ3) is 5.98. The summed E-state index contributed by atoms with van der Waals surface area (Å²) in [4.78, 5) is 21.8.